The molecule has 1 aromatic heterocycles. The molecule has 1 heterocycles. The summed E-state index contributed by atoms with van der Waals surface area (Å²) in [6, 6.07) is 8.35. The lowest BCUT2D eigenvalue weighted by Gasteiger charge is -2.23. The first-order valence-electron chi connectivity index (χ1n) is 6.62. The number of hydrogen-bond donors (Lipinski definition) is 1. The van der Waals surface area contributed by atoms with Crippen molar-refractivity contribution in [2.45, 2.75) is 26.7 Å². The first-order chi connectivity index (χ1) is 9.26. The Kier molecular flexibility index (Phi) is 4.87. The van der Waals surface area contributed by atoms with Gasteiger partial charge in [0.15, 0.2) is 0 Å². The molecule has 0 unspecified atom stereocenters. The van der Waals surface area contributed by atoms with E-state index in [1.54, 1.807) is 0 Å². The third-order valence-electron chi connectivity index (χ3n) is 3.00. The first-order valence-corrected chi connectivity index (χ1v) is 7.39. The summed E-state index contributed by atoms with van der Waals surface area (Å²) < 4.78 is 4.38. The Hall–Kier alpha value is -1.46. The van der Waals surface area contributed by atoms with Gasteiger partial charge in [-0.1, -0.05) is 25.1 Å². The van der Waals surface area contributed by atoms with Gasteiger partial charge in [0.05, 0.1) is 0 Å². The van der Waals surface area contributed by atoms with Gasteiger partial charge in [-0.2, -0.15) is 4.37 Å². The van der Waals surface area contributed by atoms with Crippen LogP contribution in [0.3, 0.4) is 0 Å². The monoisotopic (exact) mass is 276 g/mol. The molecule has 1 aromatic carbocycles. The van der Waals surface area contributed by atoms with E-state index in [2.05, 4.69) is 52.4 Å². The van der Waals surface area contributed by atoms with Gasteiger partial charge in [0.2, 0.25) is 5.13 Å². The molecule has 102 valence electrons. The molecular formula is C14H20N4S. The van der Waals surface area contributed by atoms with Crippen LogP contribution in [-0.2, 0) is 6.42 Å². The maximum absolute atomic E-state index is 5.64. The van der Waals surface area contributed by atoms with Gasteiger partial charge in [-0.05, 0) is 31.5 Å². The fraction of sp³-hybridized carbons (Fsp3) is 0.429. The number of aryl methyl sites for hydroxylation is 2. The predicted molar refractivity (Wildman–Crippen MR) is 81.1 cm³/mol. The molecule has 4 nitrogen and oxygen atoms in total. The Balaban J connectivity index is 2.32. The summed E-state index contributed by atoms with van der Waals surface area (Å²) in [6.07, 6.45) is 1.81. The van der Waals surface area contributed by atoms with Crippen LogP contribution < -0.4 is 10.6 Å². The Labute approximate surface area is 118 Å². The van der Waals surface area contributed by atoms with Crippen LogP contribution in [0.1, 0.15) is 24.7 Å². The van der Waals surface area contributed by atoms with Crippen molar-refractivity contribution in [1.29, 1.82) is 0 Å². The Bertz CT molecular complexity index is 524. The standard InChI is InChI=1S/C14H20N4S/c1-3-13-16-14(19-17-13)18(10-6-9-15)12-8-5-4-7-11(12)2/h4-5,7-8H,3,6,9-10,15H2,1-2H3. The third kappa shape index (κ3) is 3.30. The van der Waals surface area contributed by atoms with Crippen LogP contribution in [0.5, 0.6) is 0 Å². The van der Waals surface area contributed by atoms with Crippen molar-refractivity contribution in [3.63, 3.8) is 0 Å². The normalized spacial score (nSPS) is 10.7. The molecule has 2 aromatic rings. The quantitative estimate of drug-likeness (QED) is 0.881. The van der Waals surface area contributed by atoms with Gasteiger partial charge >= 0.3 is 0 Å². The second kappa shape index (κ2) is 6.63. The van der Waals surface area contributed by atoms with Crippen LogP contribution >= 0.6 is 11.5 Å². The fourth-order valence-corrected chi connectivity index (χ4v) is 2.72. The van der Waals surface area contributed by atoms with Gasteiger partial charge in [-0.3, -0.25) is 0 Å². The summed E-state index contributed by atoms with van der Waals surface area (Å²) in [4.78, 5) is 6.81. The summed E-state index contributed by atoms with van der Waals surface area (Å²) in [5.74, 6) is 0.909. The fourth-order valence-electron chi connectivity index (χ4n) is 1.93. The number of nitrogens with zero attached hydrogens (tertiary/aromatic N) is 3. The second-order valence-electron chi connectivity index (χ2n) is 4.43. The number of nitrogens with two attached hydrogens (primary N) is 1. The highest BCUT2D eigenvalue weighted by atomic mass is 32.1. The third-order valence-corrected chi connectivity index (χ3v) is 3.77. The van der Waals surface area contributed by atoms with Crippen LogP contribution in [-0.4, -0.2) is 22.4 Å². The minimum atomic E-state index is 0.682. The van der Waals surface area contributed by atoms with Gasteiger partial charge in [-0.25, -0.2) is 4.98 Å². The molecule has 0 fully saturated rings. The molecule has 0 spiro atoms. The van der Waals surface area contributed by atoms with E-state index in [0.29, 0.717) is 6.54 Å². The number of anilines is 2. The molecule has 0 saturated carbocycles. The van der Waals surface area contributed by atoms with Crippen LogP contribution in [0.25, 0.3) is 0 Å². The highest BCUT2D eigenvalue weighted by Gasteiger charge is 2.15. The molecule has 2 N–H and O–H groups in total. The summed E-state index contributed by atoms with van der Waals surface area (Å²) >= 11 is 1.46. The van der Waals surface area contributed by atoms with Crippen molar-refractivity contribution >= 4 is 22.4 Å². The van der Waals surface area contributed by atoms with E-state index in [1.165, 1.54) is 22.8 Å². The van der Waals surface area contributed by atoms with Gasteiger partial charge in [0.1, 0.15) is 5.82 Å². The largest absolute Gasteiger partial charge is 0.330 e. The van der Waals surface area contributed by atoms with E-state index in [4.69, 9.17) is 5.73 Å². The molecule has 0 aliphatic carbocycles. The summed E-state index contributed by atoms with van der Waals surface area (Å²) in [6.45, 7) is 5.75. The Morgan fingerprint density at radius 3 is 2.74 bits per heavy atom. The van der Waals surface area contributed by atoms with Crippen molar-refractivity contribution < 1.29 is 0 Å². The second-order valence-corrected chi connectivity index (χ2v) is 5.16. The smallest absolute Gasteiger partial charge is 0.209 e. The highest BCUT2D eigenvalue weighted by molar-refractivity contribution is 7.09. The molecule has 0 aliphatic heterocycles. The molecule has 19 heavy (non-hydrogen) atoms. The van der Waals surface area contributed by atoms with E-state index in [-0.39, 0.29) is 0 Å². The maximum atomic E-state index is 5.64. The lowest BCUT2D eigenvalue weighted by Crippen LogP contribution is -2.21. The molecule has 0 saturated heterocycles. The first kappa shape index (κ1) is 14.0. The Morgan fingerprint density at radius 2 is 2.11 bits per heavy atom. The number of rotatable bonds is 6. The average molecular weight is 276 g/mol. The van der Waals surface area contributed by atoms with E-state index < -0.39 is 0 Å². The molecule has 0 amide bonds. The number of benzene rings is 1. The average Bonchev–Trinajstić information content (AvgIpc) is 2.90. The maximum Gasteiger partial charge on any atom is 0.209 e. The van der Waals surface area contributed by atoms with Crippen molar-refractivity contribution in [2.75, 3.05) is 18.0 Å². The van der Waals surface area contributed by atoms with Gasteiger partial charge < -0.3 is 10.6 Å². The van der Waals surface area contributed by atoms with Crippen molar-refractivity contribution in [2.24, 2.45) is 5.73 Å². The van der Waals surface area contributed by atoms with Crippen molar-refractivity contribution in [3.05, 3.63) is 35.7 Å². The zero-order valence-corrected chi connectivity index (χ0v) is 12.3. The van der Waals surface area contributed by atoms with Crippen LogP contribution in [0.2, 0.25) is 0 Å². The minimum absolute atomic E-state index is 0.682. The van der Waals surface area contributed by atoms with Crippen molar-refractivity contribution in [3.8, 4) is 0 Å². The number of hydrogen-bond acceptors (Lipinski definition) is 5. The number of para-hydroxylation sites is 1. The summed E-state index contributed by atoms with van der Waals surface area (Å²) in [7, 11) is 0. The van der Waals surface area contributed by atoms with E-state index in [0.717, 1.165) is 30.3 Å². The van der Waals surface area contributed by atoms with Crippen LogP contribution in [0, 0.1) is 6.92 Å². The topological polar surface area (TPSA) is 55.0 Å². The van der Waals surface area contributed by atoms with Crippen LogP contribution in [0.15, 0.2) is 24.3 Å². The molecule has 5 heteroatoms. The van der Waals surface area contributed by atoms with Gasteiger partial charge in [-0.15, -0.1) is 0 Å². The van der Waals surface area contributed by atoms with E-state index >= 15 is 0 Å². The molecule has 0 aliphatic rings. The van der Waals surface area contributed by atoms with Crippen LogP contribution in [0.4, 0.5) is 10.8 Å². The van der Waals surface area contributed by atoms with E-state index in [1.807, 2.05) is 0 Å². The van der Waals surface area contributed by atoms with Gasteiger partial charge in [0.25, 0.3) is 0 Å². The summed E-state index contributed by atoms with van der Waals surface area (Å²) in [5.41, 5.74) is 8.08. The minimum Gasteiger partial charge on any atom is -0.330 e. The zero-order chi connectivity index (χ0) is 13.7. The van der Waals surface area contributed by atoms with E-state index in [9.17, 15) is 0 Å². The molecule has 0 radical (unpaired) electrons. The Morgan fingerprint density at radius 1 is 1.32 bits per heavy atom. The molecular weight excluding hydrogens is 256 g/mol. The zero-order valence-electron chi connectivity index (χ0n) is 11.5. The lowest BCUT2D eigenvalue weighted by molar-refractivity contribution is 0.811. The number of aromatic nitrogens is 2. The van der Waals surface area contributed by atoms with Crippen molar-refractivity contribution in [1.82, 2.24) is 9.36 Å². The SMILES string of the molecule is CCc1nsc(N(CCCN)c2ccccc2C)n1. The van der Waals surface area contributed by atoms with Gasteiger partial charge in [0, 0.05) is 30.2 Å². The summed E-state index contributed by atoms with van der Waals surface area (Å²) in [5, 5.41) is 0.958. The lowest BCUT2D eigenvalue weighted by atomic mass is 10.2. The predicted octanol–water partition coefficient (Wildman–Crippen LogP) is 2.90. The highest BCUT2D eigenvalue weighted by Crippen LogP contribution is 2.29. The molecule has 2 rings (SSSR count). The molecule has 0 atom stereocenters. The molecule has 0 bridgehead atoms.